The molecule has 0 aromatic rings. The Kier molecular flexibility index (Phi) is 10.9. The minimum atomic E-state index is -0.988. The molecule has 7 amide bonds. The fourth-order valence-electron chi connectivity index (χ4n) is 2.94. The van der Waals surface area contributed by atoms with Crippen LogP contribution in [0.5, 0.6) is 0 Å². The molecular formula is C21H32N6O7. The molecule has 1 rings (SSSR count). The maximum atomic E-state index is 12.6. The Bertz CT molecular complexity index is 852. The molecule has 3 atom stereocenters. The molecule has 0 unspecified atom stereocenters. The third-order valence-electron chi connectivity index (χ3n) is 4.89. The lowest BCUT2D eigenvalue weighted by molar-refractivity contribution is -0.137. The van der Waals surface area contributed by atoms with E-state index in [1.165, 1.54) is 13.8 Å². The molecule has 1 heterocycles. The first-order valence-corrected chi connectivity index (χ1v) is 10.8. The summed E-state index contributed by atoms with van der Waals surface area (Å²) in [5, 5.41) is 9.78. The first-order valence-electron chi connectivity index (χ1n) is 10.8. The second-order valence-corrected chi connectivity index (χ2v) is 8.20. The van der Waals surface area contributed by atoms with Crippen molar-refractivity contribution in [3.05, 3.63) is 12.2 Å². The predicted octanol–water partition coefficient (Wildman–Crippen LogP) is -2.56. The largest absolute Gasteiger partial charge is 0.368 e. The number of hydrogen-bond donors (Lipinski definition) is 5. The monoisotopic (exact) mass is 480 g/mol. The Hall–Kier alpha value is -3.77. The third-order valence-corrected chi connectivity index (χ3v) is 4.89. The number of primary amides is 1. The van der Waals surface area contributed by atoms with E-state index in [4.69, 9.17) is 5.73 Å². The van der Waals surface area contributed by atoms with Gasteiger partial charge in [-0.3, -0.25) is 38.5 Å². The molecule has 13 heteroatoms. The van der Waals surface area contributed by atoms with Crippen LogP contribution in [0.2, 0.25) is 0 Å². The highest BCUT2D eigenvalue weighted by molar-refractivity contribution is 6.12. The normalized spacial score (nSPS) is 15.5. The summed E-state index contributed by atoms with van der Waals surface area (Å²) in [6.45, 7) is 5.96. The summed E-state index contributed by atoms with van der Waals surface area (Å²) in [7, 11) is 0. The van der Waals surface area contributed by atoms with Gasteiger partial charge in [-0.25, -0.2) is 0 Å². The fraction of sp³-hybridized carbons (Fsp3) is 0.571. The van der Waals surface area contributed by atoms with E-state index in [1.54, 1.807) is 13.8 Å². The zero-order valence-electron chi connectivity index (χ0n) is 19.7. The van der Waals surface area contributed by atoms with Gasteiger partial charge in [0.2, 0.25) is 29.5 Å². The van der Waals surface area contributed by atoms with Crippen molar-refractivity contribution < 1.29 is 33.6 Å². The second-order valence-electron chi connectivity index (χ2n) is 8.20. The molecule has 0 aliphatic carbocycles. The summed E-state index contributed by atoms with van der Waals surface area (Å²) in [5.41, 5.74) is 4.96. The van der Waals surface area contributed by atoms with E-state index in [-0.39, 0.29) is 31.8 Å². The van der Waals surface area contributed by atoms with Crippen molar-refractivity contribution in [1.82, 2.24) is 26.2 Å². The highest BCUT2D eigenvalue weighted by atomic mass is 16.2. The highest BCUT2D eigenvalue weighted by Crippen LogP contribution is 2.06. The first kappa shape index (κ1) is 28.3. The van der Waals surface area contributed by atoms with Crippen LogP contribution in [0.1, 0.15) is 40.5 Å². The molecule has 188 valence electrons. The SMILES string of the molecule is CC(C)[C@H](NC(=O)[C@H](C)NC(=O)CCCN1C(=O)C=CC1=O)C(=O)N[C@@H](C)C(=O)NCC(N)=O. The lowest BCUT2D eigenvalue weighted by Gasteiger charge is -2.25. The minimum absolute atomic E-state index is 0.0132. The van der Waals surface area contributed by atoms with Crippen molar-refractivity contribution in [2.24, 2.45) is 11.7 Å². The summed E-state index contributed by atoms with van der Waals surface area (Å²) in [6.07, 6.45) is 2.53. The van der Waals surface area contributed by atoms with E-state index in [0.29, 0.717) is 0 Å². The van der Waals surface area contributed by atoms with Crippen LogP contribution in [-0.2, 0) is 33.6 Å². The van der Waals surface area contributed by atoms with Gasteiger partial charge in [-0.2, -0.15) is 0 Å². The molecule has 1 aliphatic rings. The van der Waals surface area contributed by atoms with Gasteiger partial charge in [-0.1, -0.05) is 13.8 Å². The van der Waals surface area contributed by atoms with E-state index in [1.807, 2.05) is 0 Å². The summed E-state index contributed by atoms with van der Waals surface area (Å²) < 4.78 is 0. The van der Waals surface area contributed by atoms with Gasteiger partial charge in [0.05, 0.1) is 6.54 Å². The molecule has 0 fully saturated rings. The van der Waals surface area contributed by atoms with Crippen LogP contribution in [-0.4, -0.2) is 77.5 Å². The molecule has 6 N–H and O–H groups in total. The highest BCUT2D eigenvalue weighted by Gasteiger charge is 2.29. The van der Waals surface area contributed by atoms with Crippen molar-refractivity contribution in [3.8, 4) is 0 Å². The number of amides is 7. The third kappa shape index (κ3) is 9.00. The molecule has 0 saturated heterocycles. The van der Waals surface area contributed by atoms with Gasteiger partial charge in [-0.15, -0.1) is 0 Å². The minimum Gasteiger partial charge on any atom is -0.368 e. The van der Waals surface area contributed by atoms with Gasteiger partial charge in [0, 0.05) is 25.1 Å². The number of nitrogens with two attached hydrogens (primary N) is 1. The molecule has 0 aromatic carbocycles. The molecule has 0 saturated carbocycles. The summed E-state index contributed by atoms with van der Waals surface area (Å²) in [4.78, 5) is 83.9. The predicted molar refractivity (Wildman–Crippen MR) is 119 cm³/mol. The Morgan fingerprint density at radius 1 is 0.853 bits per heavy atom. The van der Waals surface area contributed by atoms with Gasteiger partial charge in [0.25, 0.3) is 11.8 Å². The van der Waals surface area contributed by atoms with Gasteiger partial charge in [-0.05, 0) is 26.2 Å². The standard InChI is InChI=1S/C21H32N6O7/c1-11(2)18(21(34)25-12(3)19(32)23-10-14(22)28)26-20(33)13(4)24-15(29)6-5-9-27-16(30)7-8-17(27)31/h7-8,11-13,18H,5-6,9-10H2,1-4H3,(H2,22,28)(H,23,32)(H,24,29)(H,25,34)(H,26,33)/t12-,13-,18-/m0/s1. The van der Waals surface area contributed by atoms with E-state index < -0.39 is 59.5 Å². The summed E-state index contributed by atoms with van der Waals surface area (Å²) in [6, 6.07) is -2.93. The zero-order valence-corrected chi connectivity index (χ0v) is 19.7. The van der Waals surface area contributed by atoms with Gasteiger partial charge < -0.3 is 27.0 Å². The lowest BCUT2D eigenvalue weighted by Crippen LogP contribution is -2.57. The number of hydrogen-bond acceptors (Lipinski definition) is 7. The maximum Gasteiger partial charge on any atom is 0.253 e. The maximum absolute atomic E-state index is 12.6. The van der Waals surface area contributed by atoms with Gasteiger partial charge in [0.15, 0.2) is 0 Å². The van der Waals surface area contributed by atoms with Crippen LogP contribution in [0.15, 0.2) is 12.2 Å². The van der Waals surface area contributed by atoms with Crippen molar-refractivity contribution in [3.63, 3.8) is 0 Å². The Balaban J connectivity index is 2.52. The van der Waals surface area contributed by atoms with E-state index in [9.17, 15) is 33.6 Å². The van der Waals surface area contributed by atoms with Crippen LogP contribution in [0.3, 0.4) is 0 Å². The van der Waals surface area contributed by atoms with Crippen molar-refractivity contribution in [1.29, 1.82) is 0 Å². The van der Waals surface area contributed by atoms with Crippen molar-refractivity contribution >= 4 is 41.4 Å². The van der Waals surface area contributed by atoms with Crippen LogP contribution in [0, 0.1) is 5.92 Å². The topological polar surface area (TPSA) is 197 Å². The molecule has 0 spiro atoms. The Morgan fingerprint density at radius 3 is 1.94 bits per heavy atom. The number of nitrogens with one attached hydrogen (secondary N) is 4. The van der Waals surface area contributed by atoms with E-state index in [2.05, 4.69) is 21.3 Å². The molecule has 0 bridgehead atoms. The van der Waals surface area contributed by atoms with Crippen LogP contribution >= 0.6 is 0 Å². The molecule has 1 aliphatic heterocycles. The molecule has 0 radical (unpaired) electrons. The average molecular weight is 481 g/mol. The second kappa shape index (κ2) is 13.1. The van der Waals surface area contributed by atoms with E-state index in [0.717, 1.165) is 17.1 Å². The van der Waals surface area contributed by atoms with E-state index >= 15 is 0 Å². The quantitative estimate of drug-likeness (QED) is 0.179. The number of carbonyl (C=O) groups is 7. The fourth-order valence-corrected chi connectivity index (χ4v) is 2.94. The van der Waals surface area contributed by atoms with Crippen molar-refractivity contribution in [2.75, 3.05) is 13.1 Å². The molecule has 0 aromatic heterocycles. The Morgan fingerprint density at radius 2 is 1.41 bits per heavy atom. The number of imide groups is 1. The summed E-state index contributed by atoms with van der Waals surface area (Å²) >= 11 is 0. The zero-order chi connectivity index (χ0) is 26.0. The summed E-state index contributed by atoms with van der Waals surface area (Å²) in [5.74, 6) is -4.23. The molecule has 13 nitrogen and oxygen atoms in total. The number of nitrogens with zero attached hydrogens (tertiary/aromatic N) is 1. The first-order chi connectivity index (χ1) is 15.8. The average Bonchev–Trinajstić information content (AvgIpc) is 3.06. The van der Waals surface area contributed by atoms with Crippen LogP contribution < -0.4 is 27.0 Å². The molecular weight excluding hydrogens is 448 g/mol. The molecule has 34 heavy (non-hydrogen) atoms. The number of carbonyl (C=O) groups excluding carboxylic acids is 7. The lowest BCUT2D eigenvalue weighted by atomic mass is 10.0. The van der Waals surface area contributed by atoms with Crippen molar-refractivity contribution in [2.45, 2.75) is 58.7 Å². The Labute approximate surface area is 197 Å². The van der Waals surface area contributed by atoms with Crippen LogP contribution in [0.25, 0.3) is 0 Å². The van der Waals surface area contributed by atoms with Crippen LogP contribution in [0.4, 0.5) is 0 Å². The number of rotatable bonds is 13. The smallest absolute Gasteiger partial charge is 0.253 e. The van der Waals surface area contributed by atoms with Gasteiger partial charge >= 0.3 is 0 Å². The van der Waals surface area contributed by atoms with Gasteiger partial charge in [0.1, 0.15) is 18.1 Å².